The number of hydrogen-bond acceptors (Lipinski definition) is 4. The summed E-state index contributed by atoms with van der Waals surface area (Å²) in [6, 6.07) is 7.54. The van der Waals surface area contributed by atoms with E-state index in [0.717, 1.165) is 11.4 Å². The molecule has 0 aromatic carbocycles. The van der Waals surface area contributed by atoms with Gasteiger partial charge in [-0.2, -0.15) is 5.10 Å². The van der Waals surface area contributed by atoms with E-state index in [1.807, 2.05) is 37.5 Å². The highest BCUT2D eigenvalue weighted by atomic mass is 16.3. The van der Waals surface area contributed by atoms with Gasteiger partial charge in [-0.3, -0.25) is 4.68 Å². The molecular formula is C15H22N4O. The third kappa shape index (κ3) is 3.88. The Hall–Kier alpha value is -1.72. The molecule has 2 heterocycles. The number of β-amino-alcohol motifs (C(OH)–C–C–N with tert-alkyl or cyclic N) is 1. The predicted octanol–water partition coefficient (Wildman–Crippen LogP) is 1.90. The van der Waals surface area contributed by atoms with Gasteiger partial charge in [0.05, 0.1) is 11.4 Å². The highest BCUT2D eigenvalue weighted by Crippen LogP contribution is 2.18. The van der Waals surface area contributed by atoms with Crippen LogP contribution in [0, 0.1) is 0 Å². The summed E-state index contributed by atoms with van der Waals surface area (Å²) in [5.74, 6) is 0. The number of aryl methyl sites for hydroxylation is 1. The van der Waals surface area contributed by atoms with Crippen LogP contribution in [-0.2, 0) is 7.05 Å². The van der Waals surface area contributed by atoms with Crippen LogP contribution in [0.15, 0.2) is 30.5 Å². The van der Waals surface area contributed by atoms with Crippen LogP contribution in [0.4, 0.5) is 0 Å². The van der Waals surface area contributed by atoms with Crippen molar-refractivity contribution in [1.82, 2.24) is 20.1 Å². The van der Waals surface area contributed by atoms with Crippen LogP contribution in [0.25, 0.3) is 11.4 Å². The Labute approximate surface area is 119 Å². The van der Waals surface area contributed by atoms with Gasteiger partial charge < -0.3 is 10.4 Å². The number of aliphatic hydroxyl groups excluding tert-OH is 1. The van der Waals surface area contributed by atoms with E-state index in [2.05, 4.69) is 36.2 Å². The fraction of sp³-hybridized carbons (Fsp3) is 0.467. The molecule has 0 radical (unpaired) electrons. The zero-order chi connectivity index (χ0) is 14.8. The Morgan fingerprint density at radius 1 is 1.25 bits per heavy atom. The van der Waals surface area contributed by atoms with Crippen molar-refractivity contribution >= 4 is 0 Å². The lowest BCUT2D eigenvalue weighted by molar-refractivity contribution is 0.159. The van der Waals surface area contributed by atoms with Crippen molar-refractivity contribution in [2.24, 2.45) is 7.05 Å². The SMILES string of the molecule is Cn1ccc(-c2cccc([C@@H](O)CNC(C)(C)C)n2)n1. The van der Waals surface area contributed by atoms with E-state index in [1.165, 1.54) is 0 Å². The Kier molecular flexibility index (Phi) is 4.20. The summed E-state index contributed by atoms with van der Waals surface area (Å²) in [5.41, 5.74) is 2.22. The number of pyridine rings is 1. The first kappa shape index (κ1) is 14.7. The maximum Gasteiger partial charge on any atom is 0.111 e. The van der Waals surface area contributed by atoms with Crippen LogP contribution in [0.1, 0.15) is 32.6 Å². The zero-order valence-corrected chi connectivity index (χ0v) is 12.5. The van der Waals surface area contributed by atoms with Gasteiger partial charge in [-0.05, 0) is 39.0 Å². The minimum Gasteiger partial charge on any atom is -0.385 e. The molecule has 108 valence electrons. The Morgan fingerprint density at radius 2 is 2.00 bits per heavy atom. The van der Waals surface area contributed by atoms with Gasteiger partial charge in [-0.25, -0.2) is 4.98 Å². The van der Waals surface area contributed by atoms with Crippen LogP contribution in [0.3, 0.4) is 0 Å². The van der Waals surface area contributed by atoms with Crippen molar-refractivity contribution < 1.29 is 5.11 Å². The molecule has 0 bridgehead atoms. The second-order valence-electron chi connectivity index (χ2n) is 5.97. The quantitative estimate of drug-likeness (QED) is 0.894. The highest BCUT2D eigenvalue weighted by molar-refractivity contribution is 5.53. The Morgan fingerprint density at radius 3 is 2.60 bits per heavy atom. The molecule has 0 saturated carbocycles. The molecule has 2 N–H and O–H groups in total. The van der Waals surface area contributed by atoms with Crippen LogP contribution in [0.5, 0.6) is 0 Å². The predicted molar refractivity (Wildman–Crippen MR) is 79.2 cm³/mol. The van der Waals surface area contributed by atoms with Gasteiger partial charge in [0.25, 0.3) is 0 Å². The molecule has 0 fully saturated rings. The van der Waals surface area contributed by atoms with Gasteiger partial charge in [0, 0.05) is 25.3 Å². The van der Waals surface area contributed by atoms with Gasteiger partial charge in [-0.1, -0.05) is 6.07 Å². The van der Waals surface area contributed by atoms with E-state index < -0.39 is 6.10 Å². The molecule has 2 aromatic heterocycles. The van der Waals surface area contributed by atoms with E-state index in [9.17, 15) is 5.11 Å². The van der Waals surface area contributed by atoms with Crippen LogP contribution in [-0.4, -0.2) is 32.0 Å². The molecule has 0 amide bonds. The third-order valence-electron chi connectivity index (χ3n) is 2.91. The van der Waals surface area contributed by atoms with Gasteiger partial charge in [0.2, 0.25) is 0 Å². The molecule has 5 nitrogen and oxygen atoms in total. The number of nitrogens with one attached hydrogen (secondary N) is 1. The summed E-state index contributed by atoms with van der Waals surface area (Å²) in [7, 11) is 1.87. The monoisotopic (exact) mass is 274 g/mol. The first-order valence-corrected chi connectivity index (χ1v) is 6.75. The maximum absolute atomic E-state index is 10.2. The largest absolute Gasteiger partial charge is 0.385 e. The lowest BCUT2D eigenvalue weighted by atomic mass is 10.1. The van der Waals surface area contributed by atoms with Crippen LogP contribution >= 0.6 is 0 Å². The summed E-state index contributed by atoms with van der Waals surface area (Å²) in [5, 5.41) is 17.8. The summed E-state index contributed by atoms with van der Waals surface area (Å²) < 4.78 is 1.74. The van der Waals surface area contributed by atoms with E-state index in [0.29, 0.717) is 12.2 Å². The summed E-state index contributed by atoms with van der Waals surface area (Å²) in [4.78, 5) is 4.49. The minimum absolute atomic E-state index is 0.0282. The summed E-state index contributed by atoms with van der Waals surface area (Å²) in [6.07, 6.45) is 1.25. The first-order chi connectivity index (χ1) is 9.35. The van der Waals surface area contributed by atoms with E-state index in [1.54, 1.807) is 4.68 Å². The number of aliphatic hydroxyl groups is 1. The molecule has 1 atom stereocenters. The van der Waals surface area contributed by atoms with Crippen molar-refractivity contribution in [3.05, 3.63) is 36.2 Å². The number of nitrogens with zero attached hydrogens (tertiary/aromatic N) is 3. The average molecular weight is 274 g/mol. The van der Waals surface area contributed by atoms with Gasteiger partial charge in [0.15, 0.2) is 0 Å². The zero-order valence-electron chi connectivity index (χ0n) is 12.5. The Bertz CT molecular complexity index is 571. The van der Waals surface area contributed by atoms with Crippen molar-refractivity contribution in [1.29, 1.82) is 0 Å². The van der Waals surface area contributed by atoms with Gasteiger partial charge >= 0.3 is 0 Å². The minimum atomic E-state index is -0.627. The first-order valence-electron chi connectivity index (χ1n) is 6.75. The number of aromatic nitrogens is 3. The molecule has 0 unspecified atom stereocenters. The van der Waals surface area contributed by atoms with Crippen LogP contribution in [0.2, 0.25) is 0 Å². The second-order valence-corrected chi connectivity index (χ2v) is 5.97. The molecule has 0 spiro atoms. The molecule has 0 aliphatic heterocycles. The van der Waals surface area contributed by atoms with Crippen molar-refractivity contribution in [2.45, 2.75) is 32.4 Å². The molecule has 20 heavy (non-hydrogen) atoms. The molecular weight excluding hydrogens is 252 g/mol. The molecule has 0 saturated heterocycles. The molecule has 2 rings (SSSR count). The molecule has 2 aromatic rings. The second kappa shape index (κ2) is 5.73. The summed E-state index contributed by atoms with van der Waals surface area (Å²) in [6.45, 7) is 6.68. The van der Waals surface area contributed by atoms with E-state index in [-0.39, 0.29) is 5.54 Å². The average Bonchev–Trinajstić information content (AvgIpc) is 2.82. The lowest BCUT2D eigenvalue weighted by Crippen LogP contribution is -2.38. The molecule has 0 aliphatic carbocycles. The maximum atomic E-state index is 10.2. The fourth-order valence-electron chi connectivity index (χ4n) is 1.84. The normalized spacial score (nSPS) is 13.4. The topological polar surface area (TPSA) is 63.0 Å². The van der Waals surface area contributed by atoms with E-state index in [4.69, 9.17) is 0 Å². The Balaban J connectivity index is 2.13. The van der Waals surface area contributed by atoms with Gasteiger partial charge in [0.1, 0.15) is 11.8 Å². The van der Waals surface area contributed by atoms with Crippen molar-refractivity contribution in [3.8, 4) is 11.4 Å². The highest BCUT2D eigenvalue weighted by Gasteiger charge is 2.15. The summed E-state index contributed by atoms with van der Waals surface area (Å²) >= 11 is 0. The standard InChI is InChI=1S/C15H22N4O/c1-15(2,3)16-10-14(20)13-7-5-6-11(17-13)12-8-9-19(4)18-12/h5-9,14,16,20H,10H2,1-4H3/t14-/m0/s1. The number of hydrogen-bond donors (Lipinski definition) is 2. The lowest BCUT2D eigenvalue weighted by Gasteiger charge is -2.22. The third-order valence-corrected chi connectivity index (χ3v) is 2.91. The molecule has 0 aliphatic rings. The van der Waals surface area contributed by atoms with Gasteiger partial charge in [-0.15, -0.1) is 0 Å². The number of rotatable bonds is 4. The van der Waals surface area contributed by atoms with Crippen molar-refractivity contribution in [2.75, 3.05) is 6.54 Å². The fourth-order valence-corrected chi connectivity index (χ4v) is 1.84. The molecule has 5 heteroatoms. The van der Waals surface area contributed by atoms with E-state index >= 15 is 0 Å². The van der Waals surface area contributed by atoms with Crippen molar-refractivity contribution in [3.63, 3.8) is 0 Å². The van der Waals surface area contributed by atoms with Crippen LogP contribution < -0.4 is 5.32 Å². The smallest absolute Gasteiger partial charge is 0.111 e.